The van der Waals surface area contributed by atoms with Crippen molar-refractivity contribution < 1.29 is 0 Å². The highest BCUT2D eigenvalue weighted by Gasteiger charge is 2.03. The first kappa shape index (κ1) is 18.0. The topological polar surface area (TPSA) is 12.0 Å². The summed E-state index contributed by atoms with van der Waals surface area (Å²) in [4.78, 5) is 0. The molecule has 0 spiro atoms. The molecule has 1 rings (SSSR count). The van der Waals surface area contributed by atoms with Crippen LogP contribution in [0.4, 0.5) is 0 Å². The molecule has 1 aromatic carbocycles. The minimum absolute atomic E-state index is 0.469. The van der Waals surface area contributed by atoms with E-state index in [0.29, 0.717) is 6.04 Å². The Kier molecular flexibility index (Phi) is 10.4. The lowest BCUT2D eigenvalue weighted by Crippen LogP contribution is -2.19. The number of rotatable bonds is 11. The maximum atomic E-state index is 3.63. The lowest BCUT2D eigenvalue weighted by atomic mass is 10.1. The summed E-state index contributed by atoms with van der Waals surface area (Å²) in [6.07, 6.45) is 11.1. The minimum atomic E-state index is 0.469. The molecule has 1 aromatic rings. The summed E-state index contributed by atoms with van der Waals surface area (Å²) in [5, 5.41) is 3.63. The molecule has 20 heavy (non-hydrogen) atoms. The average molecular weight is 387 g/mol. The second-order valence-electron chi connectivity index (χ2n) is 5.70. The molecule has 0 fully saturated rings. The van der Waals surface area contributed by atoms with Crippen LogP contribution in [-0.2, 0) is 0 Å². The minimum Gasteiger partial charge on any atom is -0.310 e. The van der Waals surface area contributed by atoms with Crippen molar-refractivity contribution in [2.75, 3.05) is 6.54 Å². The van der Waals surface area contributed by atoms with Crippen LogP contribution in [0.25, 0.3) is 0 Å². The molecule has 0 aromatic heterocycles. The van der Waals surface area contributed by atoms with E-state index < -0.39 is 0 Å². The zero-order valence-corrected chi connectivity index (χ0v) is 15.3. The predicted octanol–water partition coefficient (Wildman–Crippen LogP) is 6.08. The van der Waals surface area contributed by atoms with E-state index in [1.807, 2.05) is 0 Å². The fourth-order valence-electron chi connectivity index (χ4n) is 2.45. The Balaban J connectivity index is 1.99. The van der Waals surface area contributed by atoms with E-state index in [1.54, 1.807) is 0 Å². The maximum absolute atomic E-state index is 3.63. The van der Waals surface area contributed by atoms with Gasteiger partial charge in [-0.05, 0) is 60.2 Å². The Bertz CT molecular complexity index is 334. The molecule has 0 bridgehead atoms. The van der Waals surface area contributed by atoms with Gasteiger partial charge in [0.2, 0.25) is 0 Å². The van der Waals surface area contributed by atoms with E-state index in [4.69, 9.17) is 0 Å². The van der Waals surface area contributed by atoms with Gasteiger partial charge in [0.15, 0.2) is 0 Å². The van der Waals surface area contributed by atoms with Gasteiger partial charge in [0.1, 0.15) is 0 Å². The zero-order chi connectivity index (χ0) is 14.6. The third-order valence-corrected chi connectivity index (χ3v) is 4.57. The summed E-state index contributed by atoms with van der Waals surface area (Å²) in [5.41, 5.74) is 1.39. The van der Waals surface area contributed by atoms with E-state index in [2.05, 4.69) is 66.0 Å². The van der Waals surface area contributed by atoms with Gasteiger partial charge in [0, 0.05) is 9.61 Å². The van der Waals surface area contributed by atoms with Crippen molar-refractivity contribution in [3.63, 3.8) is 0 Å². The van der Waals surface area contributed by atoms with E-state index in [0.717, 1.165) is 6.54 Å². The third kappa shape index (κ3) is 8.25. The Labute approximate surface area is 139 Å². The summed E-state index contributed by atoms with van der Waals surface area (Å²) >= 11 is 2.36. The average Bonchev–Trinajstić information content (AvgIpc) is 2.46. The van der Waals surface area contributed by atoms with Gasteiger partial charge in [-0.25, -0.2) is 0 Å². The molecule has 0 saturated carbocycles. The van der Waals surface area contributed by atoms with E-state index >= 15 is 0 Å². The second kappa shape index (κ2) is 11.6. The number of hydrogen-bond donors (Lipinski definition) is 1. The quantitative estimate of drug-likeness (QED) is 0.358. The molecule has 0 radical (unpaired) electrons. The van der Waals surface area contributed by atoms with Crippen LogP contribution in [0.2, 0.25) is 0 Å². The molecule has 1 nitrogen and oxygen atoms in total. The smallest absolute Gasteiger partial charge is 0.0291 e. The monoisotopic (exact) mass is 387 g/mol. The molecular formula is C18H30IN. The van der Waals surface area contributed by atoms with Gasteiger partial charge in [-0.2, -0.15) is 0 Å². The summed E-state index contributed by atoms with van der Waals surface area (Å²) < 4.78 is 1.31. The van der Waals surface area contributed by atoms with E-state index in [1.165, 1.54) is 60.5 Å². The van der Waals surface area contributed by atoms with Crippen molar-refractivity contribution in [3.05, 3.63) is 33.4 Å². The lowest BCUT2D eigenvalue weighted by Gasteiger charge is -2.14. The zero-order valence-electron chi connectivity index (χ0n) is 13.1. The number of halogens is 1. The fourth-order valence-corrected chi connectivity index (χ4v) is 2.81. The first-order chi connectivity index (χ1) is 9.74. The molecule has 114 valence electrons. The highest BCUT2D eigenvalue weighted by Crippen LogP contribution is 2.14. The maximum Gasteiger partial charge on any atom is 0.0291 e. The highest BCUT2D eigenvalue weighted by atomic mass is 127. The molecule has 0 aliphatic rings. The van der Waals surface area contributed by atoms with Crippen LogP contribution in [0.1, 0.15) is 76.8 Å². The van der Waals surface area contributed by atoms with Crippen molar-refractivity contribution in [1.82, 2.24) is 5.32 Å². The van der Waals surface area contributed by atoms with Crippen LogP contribution >= 0.6 is 22.6 Å². The summed E-state index contributed by atoms with van der Waals surface area (Å²) in [7, 11) is 0. The molecule has 2 heteroatoms. The van der Waals surface area contributed by atoms with Crippen molar-refractivity contribution in [2.45, 2.75) is 71.3 Å². The summed E-state index contributed by atoms with van der Waals surface area (Å²) in [6.45, 7) is 5.68. The molecule has 0 aliphatic carbocycles. The van der Waals surface area contributed by atoms with Crippen molar-refractivity contribution in [1.29, 1.82) is 0 Å². The highest BCUT2D eigenvalue weighted by molar-refractivity contribution is 14.1. The number of unbranched alkanes of at least 4 members (excludes halogenated alkanes) is 7. The van der Waals surface area contributed by atoms with Gasteiger partial charge >= 0.3 is 0 Å². The van der Waals surface area contributed by atoms with Crippen molar-refractivity contribution in [3.8, 4) is 0 Å². The van der Waals surface area contributed by atoms with Gasteiger partial charge in [0.25, 0.3) is 0 Å². The van der Waals surface area contributed by atoms with Crippen molar-refractivity contribution in [2.24, 2.45) is 0 Å². The molecule has 1 unspecified atom stereocenters. The molecule has 0 saturated heterocycles. The van der Waals surface area contributed by atoms with Gasteiger partial charge in [0.05, 0.1) is 0 Å². The van der Waals surface area contributed by atoms with Gasteiger partial charge in [-0.1, -0.05) is 64.0 Å². The predicted molar refractivity (Wildman–Crippen MR) is 98.2 cm³/mol. The van der Waals surface area contributed by atoms with Crippen LogP contribution in [0.15, 0.2) is 24.3 Å². The second-order valence-corrected chi connectivity index (χ2v) is 6.95. The number of benzene rings is 1. The molecule has 0 aliphatic heterocycles. The third-order valence-electron chi connectivity index (χ3n) is 3.85. The van der Waals surface area contributed by atoms with Crippen LogP contribution in [0, 0.1) is 3.57 Å². The fraction of sp³-hybridized carbons (Fsp3) is 0.667. The SMILES string of the molecule is CCCCCCCCCCNC(C)c1ccc(I)cc1. The molecule has 0 heterocycles. The first-order valence-corrected chi connectivity index (χ1v) is 9.30. The molecule has 1 N–H and O–H groups in total. The summed E-state index contributed by atoms with van der Waals surface area (Å²) in [6, 6.07) is 9.30. The van der Waals surface area contributed by atoms with Gasteiger partial charge in [-0.3, -0.25) is 0 Å². The number of nitrogens with one attached hydrogen (secondary N) is 1. The Hall–Kier alpha value is -0.0900. The largest absolute Gasteiger partial charge is 0.310 e. The molecule has 0 amide bonds. The standard InChI is InChI=1S/C18H30IN/c1-3-4-5-6-7-8-9-10-15-20-16(2)17-11-13-18(19)14-12-17/h11-14,16,20H,3-10,15H2,1-2H3. The first-order valence-electron chi connectivity index (χ1n) is 8.23. The van der Waals surface area contributed by atoms with Gasteiger partial charge < -0.3 is 5.32 Å². The van der Waals surface area contributed by atoms with E-state index in [9.17, 15) is 0 Å². The van der Waals surface area contributed by atoms with Crippen LogP contribution in [0.3, 0.4) is 0 Å². The Morgan fingerprint density at radius 3 is 2.05 bits per heavy atom. The van der Waals surface area contributed by atoms with Gasteiger partial charge in [-0.15, -0.1) is 0 Å². The number of hydrogen-bond acceptors (Lipinski definition) is 1. The van der Waals surface area contributed by atoms with Crippen LogP contribution in [-0.4, -0.2) is 6.54 Å². The van der Waals surface area contributed by atoms with Crippen LogP contribution < -0.4 is 5.32 Å². The Morgan fingerprint density at radius 2 is 1.45 bits per heavy atom. The summed E-state index contributed by atoms with van der Waals surface area (Å²) in [5.74, 6) is 0. The normalized spacial score (nSPS) is 12.6. The van der Waals surface area contributed by atoms with E-state index in [-0.39, 0.29) is 0 Å². The van der Waals surface area contributed by atoms with Crippen LogP contribution in [0.5, 0.6) is 0 Å². The molecular weight excluding hydrogens is 357 g/mol. The lowest BCUT2D eigenvalue weighted by molar-refractivity contribution is 0.521. The van der Waals surface area contributed by atoms with Crippen molar-refractivity contribution >= 4 is 22.6 Å². The molecule has 1 atom stereocenters. The Morgan fingerprint density at radius 1 is 0.900 bits per heavy atom.